The van der Waals surface area contributed by atoms with E-state index in [1.165, 1.54) is 17.6 Å². The molecule has 0 radical (unpaired) electrons. The Bertz CT molecular complexity index is 1430. The molecule has 0 amide bonds. The summed E-state index contributed by atoms with van der Waals surface area (Å²) in [6.45, 7) is 5.96. The molecule has 34 heavy (non-hydrogen) atoms. The molecule has 3 aromatic carbocycles. The molecule has 0 bridgehead atoms. The molecule has 4 rings (SSSR count). The van der Waals surface area contributed by atoms with Crippen LogP contribution in [0.25, 0.3) is 16.2 Å². The Balaban J connectivity index is 1.81. The minimum atomic E-state index is -0.162. The second-order valence-electron chi connectivity index (χ2n) is 7.85. The van der Waals surface area contributed by atoms with Gasteiger partial charge in [0.15, 0.2) is 5.75 Å². The molecule has 0 unspecified atom stereocenters. The quantitative estimate of drug-likeness (QED) is 0.166. The molecular formula is C27H21ClO5S. The van der Waals surface area contributed by atoms with Crippen LogP contribution >= 0.6 is 22.9 Å². The van der Waals surface area contributed by atoms with E-state index in [4.69, 9.17) is 16.3 Å². The summed E-state index contributed by atoms with van der Waals surface area (Å²) in [4.78, 5) is 24.5. The van der Waals surface area contributed by atoms with Crippen LogP contribution in [0.2, 0.25) is 5.02 Å². The molecule has 0 spiro atoms. The van der Waals surface area contributed by atoms with Gasteiger partial charge >= 0.3 is 0 Å². The number of phenolic OH excluding ortho intramolecular Hbond substituents is 1. The van der Waals surface area contributed by atoms with Crippen LogP contribution in [0.1, 0.15) is 37.5 Å². The van der Waals surface area contributed by atoms with Crippen molar-refractivity contribution >= 4 is 51.4 Å². The van der Waals surface area contributed by atoms with Crippen molar-refractivity contribution < 1.29 is 24.2 Å². The van der Waals surface area contributed by atoms with E-state index in [-0.39, 0.29) is 11.5 Å². The van der Waals surface area contributed by atoms with E-state index in [0.717, 1.165) is 32.3 Å². The zero-order chi connectivity index (χ0) is 24.4. The molecule has 0 aliphatic heterocycles. The number of phenols is 1. The highest BCUT2D eigenvalue weighted by Gasteiger charge is 2.25. The van der Waals surface area contributed by atoms with E-state index in [2.05, 4.69) is 4.74 Å². The number of benzene rings is 3. The van der Waals surface area contributed by atoms with Crippen molar-refractivity contribution in [3.63, 3.8) is 0 Å². The van der Waals surface area contributed by atoms with Crippen molar-refractivity contribution in [1.82, 2.24) is 0 Å². The fourth-order valence-corrected chi connectivity index (χ4v) is 5.28. The van der Waals surface area contributed by atoms with Crippen LogP contribution in [-0.4, -0.2) is 17.4 Å². The Morgan fingerprint density at radius 2 is 1.74 bits per heavy atom. The zero-order valence-corrected chi connectivity index (χ0v) is 20.3. The number of hydrogen-bond donors (Lipinski definition) is 1. The minimum Gasteiger partial charge on any atom is -0.508 e. The summed E-state index contributed by atoms with van der Waals surface area (Å²) in [6.07, 6.45) is 2.96. The number of aromatic hydroxyl groups is 1. The van der Waals surface area contributed by atoms with Gasteiger partial charge in [0.25, 0.3) is 6.47 Å². The van der Waals surface area contributed by atoms with E-state index < -0.39 is 0 Å². The zero-order valence-electron chi connectivity index (χ0n) is 18.7. The fourth-order valence-electron chi connectivity index (χ4n) is 3.85. The van der Waals surface area contributed by atoms with Crippen molar-refractivity contribution in [3.8, 4) is 17.2 Å². The number of fused-ring (bicyclic) bond motifs is 1. The minimum absolute atomic E-state index is 0.114. The number of ketones is 1. The van der Waals surface area contributed by atoms with Crippen molar-refractivity contribution in [2.24, 2.45) is 0 Å². The van der Waals surface area contributed by atoms with Crippen LogP contribution in [0.3, 0.4) is 0 Å². The van der Waals surface area contributed by atoms with Crippen molar-refractivity contribution in [3.05, 3.63) is 92.5 Å². The molecule has 0 saturated heterocycles. The van der Waals surface area contributed by atoms with E-state index in [1.54, 1.807) is 42.5 Å². The molecule has 0 fully saturated rings. The summed E-state index contributed by atoms with van der Waals surface area (Å²) in [5.41, 5.74) is 3.81. The number of rotatable bonds is 7. The summed E-state index contributed by atoms with van der Waals surface area (Å²) in [7, 11) is 0. The standard InChI is InChI=1S/C27H21ClO5S/c1-15-10-18(8-9-32-14-29)4-7-22(15)33-26-21-6-5-20(30)13-23(21)34-27(26)25(31)24-16(2)11-19(28)12-17(24)3/h4-14,30H,1-3H3/b9-8+. The molecule has 1 N–H and O–H groups in total. The van der Waals surface area contributed by atoms with Crippen molar-refractivity contribution in [1.29, 1.82) is 0 Å². The van der Waals surface area contributed by atoms with Crippen LogP contribution in [0.4, 0.5) is 0 Å². The molecule has 4 aromatic rings. The Hall–Kier alpha value is -3.61. The predicted molar refractivity (Wildman–Crippen MR) is 135 cm³/mol. The number of thiophene rings is 1. The molecular weight excluding hydrogens is 472 g/mol. The van der Waals surface area contributed by atoms with Gasteiger partial charge in [-0.1, -0.05) is 17.7 Å². The lowest BCUT2D eigenvalue weighted by Crippen LogP contribution is -2.06. The first-order valence-electron chi connectivity index (χ1n) is 10.4. The van der Waals surface area contributed by atoms with Gasteiger partial charge in [-0.05, 0) is 91.6 Å². The molecule has 1 heterocycles. The summed E-state index contributed by atoms with van der Waals surface area (Å²) in [5, 5.41) is 11.3. The van der Waals surface area contributed by atoms with Gasteiger partial charge in [0, 0.05) is 20.7 Å². The normalized spacial score (nSPS) is 11.2. The van der Waals surface area contributed by atoms with Crippen LogP contribution in [0.15, 0.2) is 54.8 Å². The third kappa shape index (κ3) is 4.69. The van der Waals surface area contributed by atoms with Crippen LogP contribution < -0.4 is 4.74 Å². The Kier molecular flexibility index (Phi) is 6.72. The second-order valence-corrected chi connectivity index (χ2v) is 9.34. The highest BCUT2D eigenvalue weighted by Crippen LogP contribution is 2.44. The summed E-state index contributed by atoms with van der Waals surface area (Å²) < 4.78 is 11.7. The Morgan fingerprint density at radius 1 is 1.00 bits per heavy atom. The Morgan fingerprint density at radius 3 is 2.41 bits per heavy atom. The lowest BCUT2D eigenvalue weighted by atomic mass is 9.98. The van der Waals surface area contributed by atoms with E-state index >= 15 is 0 Å². The maximum Gasteiger partial charge on any atom is 0.297 e. The smallest absolute Gasteiger partial charge is 0.297 e. The molecule has 1 aromatic heterocycles. The third-order valence-electron chi connectivity index (χ3n) is 5.36. The number of halogens is 1. The first-order valence-corrected chi connectivity index (χ1v) is 11.6. The molecule has 7 heteroatoms. The third-order valence-corrected chi connectivity index (χ3v) is 6.72. The summed E-state index contributed by atoms with van der Waals surface area (Å²) in [6, 6.07) is 14.0. The van der Waals surface area contributed by atoms with E-state index in [9.17, 15) is 14.7 Å². The number of carbonyl (C=O) groups is 2. The monoisotopic (exact) mass is 492 g/mol. The number of ether oxygens (including phenoxy) is 2. The van der Waals surface area contributed by atoms with Gasteiger partial charge in [0.2, 0.25) is 5.78 Å². The van der Waals surface area contributed by atoms with Crippen LogP contribution in [-0.2, 0) is 9.53 Å². The predicted octanol–water partition coefficient (Wildman–Crippen LogP) is 7.35. The van der Waals surface area contributed by atoms with Gasteiger partial charge in [-0.25, -0.2) is 0 Å². The van der Waals surface area contributed by atoms with E-state index in [1.807, 2.05) is 32.9 Å². The largest absolute Gasteiger partial charge is 0.508 e. The lowest BCUT2D eigenvalue weighted by Gasteiger charge is -2.13. The van der Waals surface area contributed by atoms with E-state index in [0.29, 0.717) is 33.4 Å². The molecule has 172 valence electrons. The molecule has 0 aliphatic carbocycles. The van der Waals surface area contributed by atoms with Gasteiger partial charge < -0.3 is 14.6 Å². The maximum absolute atomic E-state index is 13.7. The first kappa shape index (κ1) is 23.5. The highest BCUT2D eigenvalue weighted by molar-refractivity contribution is 7.21. The van der Waals surface area contributed by atoms with Gasteiger partial charge in [0.05, 0.1) is 6.26 Å². The first-order chi connectivity index (χ1) is 16.3. The topological polar surface area (TPSA) is 72.8 Å². The SMILES string of the molecule is Cc1cc(/C=C/OC=O)ccc1Oc1c(C(=O)c2c(C)cc(Cl)cc2C)sc2cc(O)ccc12. The van der Waals surface area contributed by atoms with Gasteiger partial charge in [-0.2, -0.15) is 0 Å². The van der Waals surface area contributed by atoms with Gasteiger partial charge in [-0.3, -0.25) is 9.59 Å². The van der Waals surface area contributed by atoms with Crippen molar-refractivity contribution in [2.75, 3.05) is 0 Å². The highest BCUT2D eigenvalue weighted by atomic mass is 35.5. The Labute approximate surface area is 205 Å². The van der Waals surface area contributed by atoms with Gasteiger partial charge in [0.1, 0.15) is 16.4 Å². The maximum atomic E-state index is 13.7. The average Bonchev–Trinajstić information content (AvgIpc) is 3.12. The van der Waals surface area contributed by atoms with Crippen LogP contribution in [0.5, 0.6) is 17.2 Å². The average molecular weight is 493 g/mol. The summed E-state index contributed by atoms with van der Waals surface area (Å²) in [5.74, 6) is 0.975. The van der Waals surface area contributed by atoms with Gasteiger partial charge in [-0.15, -0.1) is 11.3 Å². The number of carbonyl (C=O) groups excluding carboxylic acids is 2. The molecule has 0 saturated carbocycles. The number of aryl methyl sites for hydroxylation is 3. The lowest BCUT2D eigenvalue weighted by molar-refractivity contribution is -0.123. The molecule has 0 aliphatic rings. The second kappa shape index (κ2) is 9.71. The molecule has 0 atom stereocenters. The molecule has 5 nitrogen and oxygen atoms in total. The van der Waals surface area contributed by atoms with Crippen molar-refractivity contribution in [2.45, 2.75) is 20.8 Å². The number of hydrogen-bond acceptors (Lipinski definition) is 6. The summed E-state index contributed by atoms with van der Waals surface area (Å²) >= 11 is 7.45. The van der Waals surface area contributed by atoms with Crippen LogP contribution in [0, 0.1) is 20.8 Å². The fraction of sp³-hybridized carbons (Fsp3) is 0.111.